The first kappa shape index (κ1) is 18.2. The van der Waals surface area contributed by atoms with E-state index in [1.54, 1.807) is 0 Å². The molecule has 4 heteroatoms. The molecule has 1 aliphatic rings. The molecule has 0 amide bonds. The largest absolute Gasteiger partial charge is 0.342 e. The number of rotatable bonds is 4. The van der Waals surface area contributed by atoms with Crippen molar-refractivity contribution in [1.82, 2.24) is 4.90 Å². The molecule has 0 spiro atoms. The Morgan fingerprint density at radius 2 is 1.76 bits per heavy atom. The molecule has 1 N–H and O–H groups in total. The molecule has 0 saturated heterocycles. The maximum atomic E-state index is 6.39. The van der Waals surface area contributed by atoms with Crippen LogP contribution in [0.5, 0.6) is 0 Å². The lowest BCUT2D eigenvalue weighted by atomic mass is 10.1. The molecule has 0 unspecified atom stereocenters. The fourth-order valence-electron chi connectivity index (χ4n) is 3.63. The van der Waals surface area contributed by atoms with Crippen molar-refractivity contribution < 1.29 is 0 Å². The van der Waals surface area contributed by atoms with Crippen LogP contribution in [0.1, 0.15) is 42.4 Å². The van der Waals surface area contributed by atoms with Gasteiger partial charge in [0.25, 0.3) is 0 Å². The van der Waals surface area contributed by atoms with E-state index < -0.39 is 0 Å². The zero-order valence-electron chi connectivity index (χ0n) is 14.9. The van der Waals surface area contributed by atoms with Gasteiger partial charge in [-0.25, -0.2) is 0 Å². The molecule has 0 aromatic heterocycles. The summed E-state index contributed by atoms with van der Waals surface area (Å²) in [6.07, 6.45) is 4.93. The highest BCUT2D eigenvalue weighted by atomic mass is 35.5. The Bertz CT molecular complexity index is 733. The fraction of sp³-hybridized carbons (Fsp3) is 0.381. The van der Waals surface area contributed by atoms with E-state index >= 15 is 0 Å². The van der Waals surface area contributed by atoms with Crippen LogP contribution in [0.15, 0.2) is 42.5 Å². The lowest BCUT2D eigenvalue weighted by molar-refractivity contribution is 0.312. The van der Waals surface area contributed by atoms with Gasteiger partial charge in [-0.05, 0) is 73.8 Å². The Balaban J connectivity index is 1.80. The Hall–Kier alpha value is -1.58. The predicted molar refractivity (Wildman–Crippen MR) is 111 cm³/mol. The van der Waals surface area contributed by atoms with E-state index in [2.05, 4.69) is 48.3 Å². The summed E-state index contributed by atoms with van der Waals surface area (Å²) < 4.78 is 0. The minimum atomic E-state index is 0.488. The monoisotopic (exact) mass is 372 g/mol. The number of aryl methyl sites for hydroxylation is 2. The second kappa shape index (κ2) is 8.20. The molecule has 1 aliphatic carbocycles. The Morgan fingerprint density at radius 1 is 1.12 bits per heavy atom. The van der Waals surface area contributed by atoms with Crippen LogP contribution < -0.4 is 5.32 Å². The van der Waals surface area contributed by atoms with Crippen molar-refractivity contribution >= 4 is 34.6 Å². The minimum Gasteiger partial charge on any atom is -0.342 e. The molecule has 0 aliphatic heterocycles. The summed E-state index contributed by atoms with van der Waals surface area (Å²) in [6.45, 7) is 4.97. The summed E-state index contributed by atoms with van der Waals surface area (Å²) in [5, 5.41) is 5.05. The highest BCUT2D eigenvalue weighted by molar-refractivity contribution is 7.80. The van der Waals surface area contributed by atoms with Crippen molar-refractivity contribution in [2.75, 3.05) is 5.32 Å². The molecular weight excluding hydrogens is 348 g/mol. The average molecular weight is 373 g/mol. The molecular formula is C21H25ClN2S. The van der Waals surface area contributed by atoms with Gasteiger partial charge >= 0.3 is 0 Å². The van der Waals surface area contributed by atoms with E-state index in [-0.39, 0.29) is 0 Å². The molecule has 25 heavy (non-hydrogen) atoms. The molecule has 0 heterocycles. The molecule has 2 aromatic carbocycles. The fourth-order valence-corrected chi connectivity index (χ4v) is 4.16. The van der Waals surface area contributed by atoms with E-state index in [1.165, 1.54) is 36.8 Å². The summed E-state index contributed by atoms with van der Waals surface area (Å²) in [5.41, 5.74) is 4.66. The van der Waals surface area contributed by atoms with Gasteiger partial charge in [-0.1, -0.05) is 48.7 Å². The quantitative estimate of drug-likeness (QED) is 0.653. The van der Waals surface area contributed by atoms with E-state index in [0.717, 1.165) is 27.9 Å². The van der Waals surface area contributed by atoms with Crippen molar-refractivity contribution in [1.29, 1.82) is 0 Å². The van der Waals surface area contributed by atoms with Crippen LogP contribution in [-0.2, 0) is 6.54 Å². The third-order valence-corrected chi connectivity index (χ3v) is 5.50. The zero-order chi connectivity index (χ0) is 17.8. The first-order valence-corrected chi connectivity index (χ1v) is 9.71. The zero-order valence-corrected chi connectivity index (χ0v) is 16.5. The van der Waals surface area contributed by atoms with Gasteiger partial charge in [0.15, 0.2) is 5.11 Å². The Morgan fingerprint density at radius 3 is 2.40 bits per heavy atom. The molecule has 3 rings (SSSR count). The first-order valence-electron chi connectivity index (χ1n) is 8.92. The second-order valence-electron chi connectivity index (χ2n) is 6.96. The van der Waals surface area contributed by atoms with Crippen LogP contribution in [0, 0.1) is 13.8 Å². The van der Waals surface area contributed by atoms with Crippen LogP contribution in [0.25, 0.3) is 0 Å². The summed E-state index contributed by atoms with van der Waals surface area (Å²) in [6, 6.07) is 15.0. The van der Waals surface area contributed by atoms with Gasteiger partial charge in [0.05, 0.1) is 0 Å². The SMILES string of the molecule is Cc1cc(C)cc(NC(=S)N(Cc2ccccc2Cl)C2CCCC2)c1. The van der Waals surface area contributed by atoms with Crippen LogP contribution in [0.4, 0.5) is 5.69 Å². The van der Waals surface area contributed by atoms with E-state index in [0.29, 0.717) is 6.04 Å². The van der Waals surface area contributed by atoms with Gasteiger partial charge in [-0.3, -0.25) is 0 Å². The van der Waals surface area contributed by atoms with Gasteiger partial charge in [0.2, 0.25) is 0 Å². The molecule has 2 aromatic rings. The summed E-state index contributed by atoms with van der Waals surface area (Å²) in [5.74, 6) is 0. The molecule has 1 saturated carbocycles. The number of halogens is 1. The highest BCUT2D eigenvalue weighted by Crippen LogP contribution is 2.28. The van der Waals surface area contributed by atoms with Crippen molar-refractivity contribution in [3.05, 3.63) is 64.2 Å². The third-order valence-electron chi connectivity index (χ3n) is 4.80. The lowest BCUT2D eigenvalue weighted by Gasteiger charge is -2.32. The van der Waals surface area contributed by atoms with Crippen molar-refractivity contribution in [3.8, 4) is 0 Å². The van der Waals surface area contributed by atoms with Crippen LogP contribution in [0.3, 0.4) is 0 Å². The number of anilines is 1. The average Bonchev–Trinajstić information content (AvgIpc) is 3.07. The van der Waals surface area contributed by atoms with E-state index in [9.17, 15) is 0 Å². The van der Waals surface area contributed by atoms with Crippen LogP contribution in [-0.4, -0.2) is 16.1 Å². The summed E-state index contributed by atoms with van der Waals surface area (Å²) in [4.78, 5) is 2.32. The lowest BCUT2D eigenvalue weighted by Crippen LogP contribution is -2.41. The third kappa shape index (κ3) is 4.74. The number of thiocarbonyl (C=S) groups is 1. The molecule has 2 nitrogen and oxygen atoms in total. The Kier molecular flexibility index (Phi) is 5.98. The summed E-state index contributed by atoms with van der Waals surface area (Å²) >= 11 is 12.2. The molecule has 0 radical (unpaired) electrons. The van der Waals surface area contributed by atoms with Crippen molar-refractivity contribution in [2.45, 2.75) is 52.1 Å². The first-order chi connectivity index (χ1) is 12.0. The number of hydrogen-bond acceptors (Lipinski definition) is 1. The van der Waals surface area contributed by atoms with E-state index in [1.807, 2.05) is 18.2 Å². The van der Waals surface area contributed by atoms with Gasteiger partial charge in [0, 0.05) is 23.3 Å². The van der Waals surface area contributed by atoms with Crippen LogP contribution >= 0.6 is 23.8 Å². The number of nitrogens with zero attached hydrogens (tertiary/aromatic N) is 1. The van der Waals surface area contributed by atoms with E-state index in [4.69, 9.17) is 23.8 Å². The maximum absolute atomic E-state index is 6.39. The van der Waals surface area contributed by atoms with Crippen molar-refractivity contribution in [2.24, 2.45) is 0 Å². The second-order valence-corrected chi connectivity index (χ2v) is 7.76. The minimum absolute atomic E-state index is 0.488. The van der Waals surface area contributed by atoms with Crippen molar-refractivity contribution in [3.63, 3.8) is 0 Å². The number of nitrogens with one attached hydrogen (secondary N) is 1. The van der Waals surface area contributed by atoms with Gasteiger partial charge in [-0.15, -0.1) is 0 Å². The maximum Gasteiger partial charge on any atom is 0.173 e. The van der Waals surface area contributed by atoms with Gasteiger partial charge in [-0.2, -0.15) is 0 Å². The normalized spacial score (nSPS) is 14.5. The van der Waals surface area contributed by atoms with Gasteiger partial charge < -0.3 is 10.2 Å². The number of benzene rings is 2. The molecule has 0 atom stereocenters. The topological polar surface area (TPSA) is 15.3 Å². The molecule has 0 bridgehead atoms. The predicted octanol–water partition coefficient (Wildman–Crippen LogP) is 6.10. The standard InChI is InChI=1S/C21H25ClN2S/c1-15-11-16(2)13-18(12-15)23-21(25)24(19-8-4-5-9-19)14-17-7-3-6-10-20(17)22/h3,6-7,10-13,19H,4-5,8-9,14H2,1-2H3,(H,23,25). The van der Waals surface area contributed by atoms with Gasteiger partial charge in [0.1, 0.15) is 0 Å². The smallest absolute Gasteiger partial charge is 0.173 e. The molecule has 1 fully saturated rings. The highest BCUT2D eigenvalue weighted by Gasteiger charge is 2.25. The summed E-state index contributed by atoms with van der Waals surface area (Å²) in [7, 11) is 0. The Labute approximate surface area is 161 Å². The van der Waals surface area contributed by atoms with Crippen LogP contribution in [0.2, 0.25) is 5.02 Å². The number of hydrogen-bond donors (Lipinski definition) is 1. The molecule has 132 valence electrons.